The Balaban J connectivity index is 4.47. The summed E-state index contributed by atoms with van der Waals surface area (Å²) in [5, 5.41) is 0.412. The van der Waals surface area contributed by atoms with E-state index in [4.69, 9.17) is 0 Å². The molecule has 0 aromatic heterocycles. The molecule has 0 bridgehead atoms. The maximum Gasteiger partial charge on any atom is 0.137 e. The highest BCUT2D eigenvalue weighted by Gasteiger charge is 2.33. The SMILES string of the molecule is CCC#C[Si](C)(C)C(C)(C)C. The summed E-state index contributed by atoms with van der Waals surface area (Å²) in [6.07, 6.45) is 0.993. The zero-order chi connectivity index (χ0) is 9.12. The van der Waals surface area contributed by atoms with Crippen molar-refractivity contribution in [3.8, 4) is 11.5 Å². The minimum atomic E-state index is -1.29. The highest BCUT2D eigenvalue weighted by Crippen LogP contribution is 2.34. The second-order valence-corrected chi connectivity index (χ2v) is 9.53. The third-order valence-corrected chi connectivity index (χ3v) is 7.00. The first kappa shape index (κ1) is 10.8. The van der Waals surface area contributed by atoms with Crippen molar-refractivity contribution < 1.29 is 0 Å². The summed E-state index contributed by atoms with van der Waals surface area (Å²) in [6, 6.07) is 0. The molecule has 1 heteroatoms. The first-order valence-corrected chi connectivity index (χ1v) is 7.31. The minimum Gasteiger partial charge on any atom is -0.131 e. The Morgan fingerprint density at radius 2 is 1.64 bits per heavy atom. The minimum absolute atomic E-state index is 0.412. The molecule has 0 spiro atoms. The van der Waals surface area contributed by atoms with E-state index in [0.29, 0.717) is 5.04 Å². The van der Waals surface area contributed by atoms with Gasteiger partial charge in [-0.1, -0.05) is 40.8 Å². The summed E-state index contributed by atoms with van der Waals surface area (Å²) < 4.78 is 0. The van der Waals surface area contributed by atoms with Gasteiger partial charge in [0.15, 0.2) is 0 Å². The van der Waals surface area contributed by atoms with Gasteiger partial charge < -0.3 is 0 Å². The van der Waals surface area contributed by atoms with Crippen molar-refractivity contribution in [1.82, 2.24) is 0 Å². The van der Waals surface area contributed by atoms with E-state index in [9.17, 15) is 0 Å². The van der Waals surface area contributed by atoms with E-state index in [2.05, 4.69) is 52.3 Å². The van der Waals surface area contributed by atoms with Crippen molar-refractivity contribution in [2.75, 3.05) is 0 Å². The van der Waals surface area contributed by atoms with Gasteiger partial charge >= 0.3 is 0 Å². The highest BCUT2D eigenvalue weighted by molar-refractivity contribution is 6.87. The first-order chi connectivity index (χ1) is 4.81. The van der Waals surface area contributed by atoms with Crippen molar-refractivity contribution in [3.63, 3.8) is 0 Å². The molecule has 0 fully saturated rings. The van der Waals surface area contributed by atoms with Crippen LogP contribution in [0, 0.1) is 11.5 Å². The molecule has 0 saturated heterocycles. The van der Waals surface area contributed by atoms with E-state index in [1.54, 1.807) is 0 Å². The molecule has 0 radical (unpaired) electrons. The van der Waals surface area contributed by atoms with Crippen LogP contribution in [0.4, 0.5) is 0 Å². The van der Waals surface area contributed by atoms with E-state index in [1.807, 2.05) is 0 Å². The lowest BCUT2D eigenvalue weighted by atomic mass is 10.2. The normalized spacial score (nSPS) is 12.2. The summed E-state index contributed by atoms with van der Waals surface area (Å²) in [7, 11) is -1.29. The summed E-state index contributed by atoms with van der Waals surface area (Å²) in [5.41, 5.74) is 3.44. The quantitative estimate of drug-likeness (QED) is 0.384. The Bertz CT molecular complexity index is 173. The van der Waals surface area contributed by atoms with Crippen LogP contribution in [-0.4, -0.2) is 8.07 Å². The van der Waals surface area contributed by atoms with E-state index >= 15 is 0 Å². The molecule has 0 aliphatic carbocycles. The Morgan fingerprint density at radius 3 is 1.91 bits per heavy atom. The van der Waals surface area contributed by atoms with Gasteiger partial charge in [-0.3, -0.25) is 0 Å². The van der Waals surface area contributed by atoms with Crippen LogP contribution in [0.3, 0.4) is 0 Å². The Labute approximate surface area is 72.4 Å². The Kier molecular flexibility index (Phi) is 3.38. The van der Waals surface area contributed by atoms with Crippen LogP contribution in [0.25, 0.3) is 0 Å². The molecule has 0 unspecified atom stereocenters. The monoisotopic (exact) mass is 168 g/mol. The molecule has 0 heterocycles. The highest BCUT2D eigenvalue weighted by atomic mass is 28.3. The van der Waals surface area contributed by atoms with Crippen LogP contribution in [-0.2, 0) is 0 Å². The fourth-order valence-corrected chi connectivity index (χ4v) is 1.49. The molecule has 0 atom stereocenters. The standard InChI is InChI=1S/C10H20Si/c1-7-8-9-11(5,6)10(2,3)4/h7H2,1-6H3. The van der Waals surface area contributed by atoms with Crippen molar-refractivity contribution in [2.24, 2.45) is 0 Å². The van der Waals surface area contributed by atoms with Crippen LogP contribution in [0.1, 0.15) is 34.1 Å². The molecule has 0 amide bonds. The zero-order valence-corrected chi connectivity index (χ0v) is 9.71. The number of hydrogen-bond donors (Lipinski definition) is 0. The van der Waals surface area contributed by atoms with Crippen molar-refractivity contribution >= 4 is 8.07 Å². The summed E-state index contributed by atoms with van der Waals surface area (Å²) in [4.78, 5) is 0. The van der Waals surface area contributed by atoms with Crippen LogP contribution >= 0.6 is 0 Å². The van der Waals surface area contributed by atoms with Crippen molar-refractivity contribution in [1.29, 1.82) is 0 Å². The van der Waals surface area contributed by atoms with Crippen LogP contribution < -0.4 is 0 Å². The van der Waals surface area contributed by atoms with Gasteiger partial charge in [0.25, 0.3) is 0 Å². The summed E-state index contributed by atoms with van der Waals surface area (Å²) in [5.74, 6) is 3.21. The van der Waals surface area contributed by atoms with E-state index < -0.39 is 8.07 Å². The van der Waals surface area contributed by atoms with Gasteiger partial charge in [0, 0.05) is 6.42 Å². The van der Waals surface area contributed by atoms with E-state index in [1.165, 1.54) is 0 Å². The Morgan fingerprint density at radius 1 is 1.18 bits per heavy atom. The second-order valence-electron chi connectivity index (χ2n) is 4.53. The number of hydrogen-bond acceptors (Lipinski definition) is 0. The van der Waals surface area contributed by atoms with Gasteiger partial charge in [0.05, 0.1) is 0 Å². The first-order valence-electron chi connectivity index (χ1n) is 4.31. The largest absolute Gasteiger partial charge is 0.137 e. The average Bonchev–Trinajstić information content (AvgIpc) is 1.81. The van der Waals surface area contributed by atoms with Crippen LogP contribution in [0.15, 0.2) is 0 Å². The lowest BCUT2D eigenvalue weighted by Crippen LogP contribution is -2.35. The predicted molar refractivity (Wildman–Crippen MR) is 55.3 cm³/mol. The van der Waals surface area contributed by atoms with Gasteiger partial charge in [-0.25, -0.2) is 0 Å². The lowest BCUT2D eigenvalue weighted by molar-refractivity contribution is 0.731. The van der Waals surface area contributed by atoms with Gasteiger partial charge in [0.2, 0.25) is 0 Å². The van der Waals surface area contributed by atoms with Crippen molar-refractivity contribution in [3.05, 3.63) is 0 Å². The summed E-state index contributed by atoms with van der Waals surface area (Å²) in [6.45, 7) is 13.7. The van der Waals surface area contributed by atoms with Gasteiger partial charge in [-0.15, -0.1) is 11.5 Å². The molecule has 0 rings (SSSR count). The molecule has 0 saturated carbocycles. The average molecular weight is 168 g/mol. The molecule has 0 aromatic rings. The van der Waals surface area contributed by atoms with Crippen molar-refractivity contribution in [2.45, 2.75) is 52.2 Å². The smallest absolute Gasteiger partial charge is 0.131 e. The fraction of sp³-hybridized carbons (Fsp3) is 0.800. The maximum atomic E-state index is 3.44. The molecule has 64 valence electrons. The lowest BCUT2D eigenvalue weighted by Gasteiger charge is -2.31. The number of rotatable bonds is 0. The molecule has 0 aliphatic heterocycles. The third kappa shape index (κ3) is 3.12. The third-order valence-electron chi connectivity index (χ3n) is 2.45. The van der Waals surface area contributed by atoms with E-state index in [0.717, 1.165) is 6.42 Å². The molecule has 0 N–H and O–H groups in total. The topological polar surface area (TPSA) is 0 Å². The molecule has 0 aliphatic rings. The van der Waals surface area contributed by atoms with Crippen LogP contribution in [0.2, 0.25) is 18.1 Å². The molecule has 0 nitrogen and oxygen atoms in total. The van der Waals surface area contributed by atoms with Gasteiger partial charge in [-0.05, 0) is 5.04 Å². The molecule has 0 aromatic carbocycles. The second kappa shape index (κ2) is 3.45. The maximum absolute atomic E-state index is 3.44. The van der Waals surface area contributed by atoms with Gasteiger partial charge in [0.1, 0.15) is 8.07 Å². The van der Waals surface area contributed by atoms with Crippen LogP contribution in [0.5, 0.6) is 0 Å². The Hall–Kier alpha value is -0.223. The predicted octanol–water partition coefficient (Wildman–Crippen LogP) is 3.45. The zero-order valence-electron chi connectivity index (χ0n) is 8.71. The summed E-state index contributed by atoms with van der Waals surface area (Å²) >= 11 is 0. The molecule has 11 heavy (non-hydrogen) atoms. The van der Waals surface area contributed by atoms with Gasteiger partial charge in [-0.2, -0.15) is 0 Å². The van der Waals surface area contributed by atoms with E-state index in [-0.39, 0.29) is 0 Å². The fourth-order valence-electron chi connectivity index (χ4n) is 0.497. The molecular weight excluding hydrogens is 148 g/mol. The molecular formula is C10H20Si.